The van der Waals surface area contributed by atoms with E-state index in [1.807, 2.05) is 0 Å². The molecule has 0 aliphatic carbocycles. The van der Waals surface area contributed by atoms with Crippen LogP contribution in [0, 0.1) is 11.3 Å². The molecular weight excluding hydrogens is 262 g/mol. The Kier molecular flexibility index (Phi) is 5.24. The van der Waals surface area contributed by atoms with E-state index in [2.05, 4.69) is 10.6 Å². The van der Waals surface area contributed by atoms with E-state index in [0.29, 0.717) is 19.2 Å². The number of carbonyl (C=O) groups excluding carboxylic acids is 3. The predicted molar refractivity (Wildman–Crippen MR) is 72.7 cm³/mol. The first-order valence-electron chi connectivity index (χ1n) is 6.54. The summed E-state index contributed by atoms with van der Waals surface area (Å²) in [6.07, 6.45) is 0.723. The van der Waals surface area contributed by atoms with Crippen LogP contribution in [-0.2, 0) is 14.3 Å². The van der Waals surface area contributed by atoms with Crippen LogP contribution in [0.5, 0.6) is 0 Å². The van der Waals surface area contributed by atoms with Crippen molar-refractivity contribution in [2.24, 2.45) is 5.92 Å². The van der Waals surface area contributed by atoms with Gasteiger partial charge < -0.3 is 20.8 Å². The maximum atomic E-state index is 11.7. The van der Waals surface area contributed by atoms with Gasteiger partial charge in [0.05, 0.1) is 12.3 Å². The summed E-state index contributed by atoms with van der Waals surface area (Å²) in [6, 6.07) is -0.906. The highest BCUT2D eigenvalue weighted by Gasteiger charge is 2.31. The average Bonchev–Trinajstić information content (AvgIpc) is 2.70. The number of carbonyl (C=O) groups is 3. The maximum Gasteiger partial charge on any atom is 0.408 e. The van der Waals surface area contributed by atoms with Gasteiger partial charge in [0.1, 0.15) is 5.60 Å². The molecule has 2 atom stereocenters. The van der Waals surface area contributed by atoms with Gasteiger partial charge in [-0.15, -0.1) is 0 Å². The van der Waals surface area contributed by atoms with E-state index in [1.54, 1.807) is 20.8 Å². The molecular formula is C13H21N3O4. The molecule has 7 heteroatoms. The molecule has 0 aromatic heterocycles. The molecule has 0 spiro atoms. The molecule has 0 aromatic rings. The minimum Gasteiger partial charge on any atom is -0.444 e. The Bertz CT molecular complexity index is 414. The van der Waals surface area contributed by atoms with E-state index in [1.165, 1.54) is 0 Å². The fraction of sp³-hybridized carbons (Fsp3) is 0.692. The molecule has 1 aliphatic rings. The first kappa shape index (κ1) is 16.1. The summed E-state index contributed by atoms with van der Waals surface area (Å²) >= 11 is 0. The molecule has 0 saturated carbocycles. The number of amides is 2. The standard InChI is InChI=1S/C13H21N3O4/c1-13(2,3)20-12(19)16-9(10(17)7-14)6-8-4-5-15-11(8)18/h7-9,14H,4-6H2,1-3H3,(H,15,18)(H,16,19)/t8-,9-/m0/s1. The number of hydrogen-bond acceptors (Lipinski definition) is 5. The minimum absolute atomic E-state index is 0.126. The predicted octanol–water partition coefficient (Wildman–Crippen LogP) is 0.625. The van der Waals surface area contributed by atoms with Crippen molar-refractivity contribution >= 4 is 24.0 Å². The molecule has 0 aromatic carbocycles. The van der Waals surface area contributed by atoms with Crippen LogP contribution >= 0.6 is 0 Å². The van der Waals surface area contributed by atoms with Crippen molar-refractivity contribution in [2.45, 2.75) is 45.3 Å². The molecule has 20 heavy (non-hydrogen) atoms. The third-order valence-electron chi connectivity index (χ3n) is 2.86. The second kappa shape index (κ2) is 6.49. The first-order valence-corrected chi connectivity index (χ1v) is 6.54. The van der Waals surface area contributed by atoms with Crippen molar-refractivity contribution in [3.8, 4) is 0 Å². The van der Waals surface area contributed by atoms with E-state index >= 15 is 0 Å². The van der Waals surface area contributed by atoms with Gasteiger partial charge in [-0.25, -0.2) is 4.79 Å². The monoisotopic (exact) mass is 283 g/mol. The lowest BCUT2D eigenvalue weighted by Crippen LogP contribution is -2.45. The van der Waals surface area contributed by atoms with Crippen molar-refractivity contribution in [1.29, 1.82) is 5.41 Å². The SMILES string of the molecule is CC(C)(C)OC(=O)N[C@@H](C[C@@H]1CCNC1=O)C(=O)C=N. The van der Waals surface area contributed by atoms with E-state index < -0.39 is 23.5 Å². The van der Waals surface area contributed by atoms with Crippen molar-refractivity contribution in [3.05, 3.63) is 0 Å². The van der Waals surface area contributed by atoms with Crippen LogP contribution in [0.4, 0.5) is 4.79 Å². The molecule has 1 rings (SSSR count). The Balaban J connectivity index is 2.65. The topological polar surface area (TPSA) is 108 Å². The van der Waals surface area contributed by atoms with Gasteiger partial charge in [0.2, 0.25) is 5.91 Å². The van der Waals surface area contributed by atoms with Crippen LogP contribution in [0.25, 0.3) is 0 Å². The highest BCUT2D eigenvalue weighted by Crippen LogP contribution is 2.17. The third-order valence-corrected chi connectivity index (χ3v) is 2.86. The van der Waals surface area contributed by atoms with Crippen molar-refractivity contribution in [3.63, 3.8) is 0 Å². The summed E-state index contributed by atoms with van der Waals surface area (Å²) in [7, 11) is 0. The Morgan fingerprint density at radius 2 is 2.20 bits per heavy atom. The van der Waals surface area contributed by atoms with Crippen molar-refractivity contribution in [2.75, 3.05) is 6.54 Å². The number of Topliss-reactive ketones (excluding diaryl/α,β-unsaturated/α-hetero) is 1. The third kappa shape index (κ3) is 4.99. The lowest BCUT2D eigenvalue weighted by atomic mass is 9.96. The normalized spacial score (nSPS) is 19.9. The van der Waals surface area contributed by atoms with E-state index in [4.69, 9.17) is 10.1 Å². The summed E-state index contributed by atoms with van der Waals surface area (Å²) < 4.78 is 5.08. The molecule has 0 unspecified atom stereocenters. The van der Waals surface area contributed by atoms with Crippen LogP contribution < -0.4 is 10.6 Å². The van der Waals surface area contributed by atoms with Crippen LogP contribution in [-0.4, -0.2) is 42.2 Å². The molecule has 1 aliphatic heterocycles. The number of hydrogen-bond donors (Lipinski definition) is 3. The highest BCUT2D eigenvalue weighted by atomic mass is 16.6. The fourth-order valence-electron chi connectivity index (χ4n) is 1.95. The van der Waals surface area contributed by atoms with Gasteiger partial charge in [-0.05, 0) is 33.6 Å². The largest absolute Gasteiger partial charge is 0.444 e. The second-order valence-corrected chi connectivity index (χ2v) is 5.76. The summed E-state index contributed by atoms with van der Waals surface area (Å²) in [5, 5.41) is 12.1. The molecule has 3 N–H and O–H groups in total. The van der Waals surface area contributed by atoms with E-state index in [9.17, 15) is 14.4 Å². The highest BCUT2D eigenvalue weighted by molar-refractivity contribution is 6.29. The van der Waals surface area contributed by atoms with E-state index in [0.717, 1.165) is 0 Å². The Morgan fingerprint density at radius 3 is 2.65 bits per heavy atom. The molecule has 0 bridgehead atoms. The zero-order valence-corrected chi connectivity index (χ0v) is 12.0. The van der Waals surface area contributed by atoms with Gasteiger partial charge in [-0.1, -0.05) is 0 Å². The van der Waals surface area contributed by atoms with Crippen LogP contribution in [0.15, 0.2) is 0 Å². The number of alkyl carbamates (subject to hydrolysis) is 1. The zero-order valence-electron chi connectivity index (χ0n) is 12.0. The molecule has 112 valence electrons. The molecule has 1 heterocycles. The van der Waals surface area contributed by atoms with Crippen molar-refractivity contribution in [1.82, 2.24) is 10.6 Å². The number of rotatable bonds is 5. The lowest BCUT2D eigenvalue weighted by Gasteiger charge is -2.23. The maximum absolute atomic E-state index is 11.7. The summed E-state index contributed by atoms with van der Waals surface area (Å²) in [4.78, 5) is 34.9. The Hall–Kier alpha value is -1.92. The van der Waals surface area contributed by atoms with Gasteiger partial charge in [0.15, 0.2) is 5.78 Å². The number of nitrogens with one attached hydrogen (secondary N) is 3. The van der Waals surface area contributed by atoms with E-state index in [-0.39, 0.29) is 18.2 Å². The first-order chi connectivity index (χ1) is 9.23. The van der Waals surface area contributed by atoms with Crippen LogP contribution in [0.2, 0.25) is 0 Å². The molecule has 2 amide bonds. The van der Waals surface area contributed by atoms with Gasteiger partial charge in [-0.2, -0.15) is 0 Å². The summed E-state index contributed by atoms with van der Waals surface area (Å²) in [5.41, 5.74) is -0.674. The molecule has 7 nitrogen and oxygen atoms in total. The zero-order chi connectivity index (χ0) is 15.3. The summed E-state index contributed by atoms with van der Waals surface area (Å²) in [6.45, 7) is 5.71. The quantitative estimate of drug-likeness (QED) is 0.643. The van der Waals surface area contributed by atoms with Gasteiger partial charge >= 0.3 is 6.09 Å². The second-order valence-electron chi connectivity index (χ2n) is 5.76. The van der Waals surface area contributed by atoms with Gasteiger partial charge in [-0.3, -0.25) is 9.59 Å². The average molecular weight is 283 g/mol. The number of ketones is 1. The fourth-order valence-corrected chi connectivity index (χ4v) is 1.95. The molecule has 0 radical (unpaired) electrons. The van der Waals surface area contributed by atoms with Gasteiger partial charge in [0, 0.05) is 12.5 Å². The number of ether oxygens (including phenoxy) is 1. The van der Waals surface area contributed by atoms with Crippen LogP contribution in [0.3, 0.4) is 0 Å². The van der Waals surface area contributed by atoms with Crippen molar-refractivity contribution < 1.29 is 19.1 Å². The summed E-state index contributed by atoms with van der Waals surface area (Å²) in [5.74, 6) is -0.992. The Morgan fingerprint density at radius 1 is 1.55 bits per heavy atom. The molecule has 1 fully saturated rings. The lowest BCUT2D eigenvalue weighted by molar-refractivity contribution is -0.123. The Labute approximate surface area is 117 Å². The minimum atomic E-state index is -0.906. The smallest absolute Gasteiger partial charge is 0.408 e. The molecule has 1 saturated heterocycles. The van der Waals surface area contributed by atoms with Crippen LogP contribution in [0.1, 0.15) is 33.6 Å². The van der Waals surface area contributed by atoms with Gasteiger partial charge in [0.25, 0.3) is 0 Å².